The Hall–Kier alpha value is -0.870. The van der Waals surface area contributed by atoms with Crippen molar-refractivity contribution >= 4 is 17.4 Å². The zero-order chi connectivity index (χ0) is 13.5. The Morgan fingerprint density at radius 3 is 2.72 bits per heavy atom. The Bertz CT molecular complexity index is 385. The van der Waals surface area contributed by atoms with Crippen LogP contribution in [0.15, 0.2) is 0 Å². The fourth-order valence-corrected chi connectivity index (χ4v) is 1.80. The van der Waals surface area contributed by atoms with Gasteiger partial charge in [-0.25, -0.2) is 9.97 Å². The van der Waals surface area contributed by atoms with Crippen LogP contribution in [0.1, 0.15) is 38.1 Å². The lowest BCUT2D eigenvalue weighted by Gasteiger charge is -2.12. The van der Waals surface area contributed by atoms with Crippen LogP contribution in [0.5, 0.6) is 0 Å². The van der Waals surface area contributed by atoms with Gasteiger partial charge in [0.2, 0.25) is 0 Å². The van der Waals surface area contributed by atoms with E-state index in [4.69, 9.17) is 16.7 Å². The Morgan fingerprint density at radius 1 is 1.39 bits per heavy atom. The van der Waals surface area contributed by atoms with Crippen molar-refractivity contribution in [2.24, 2.45) is 5.92 Å². The summed E-state index contributed by atoms with van der Waals surface area (Å²) in [6.45, 7) is 7.05. The molecule has 0 amide bonds. The summed E-state index contributed by atoms with van der Waals surface area (Å²) in [4.78, 5) is 8.64. The van der Waals surface area contributed by atoms with Crippen LogP contribution in [0.2, 0.25) is 5.15 Å². The molecule has 0 aromatic carbocycles. The quantitative estimate of drug-likeness (QED) is 0.591. The number of aromatic nitrogens is 2. The van der Waals surface area contributed by atoms with Crippen molar-refractivity contribution in [1.82, 2.24) is 9.97 Å². The average Bonchev–Trinajstić information content (AvgIpc) is 2.38. The van der Waals surface area contributed by atoms with Gasteiger partial charge in [0, 0.05) is 25.1 Å². The van der Waals surface area contributed by atoms with E-state index in [1.54, 1.807) is 0 Å². The largest absolute Gasteiger partial charge is 0.396 e. The van der Waals surface area contributed by atoms with Crippen LogP contribution < -0.4 is 5.32 Å². The Labute approximate surface area is 114 Å². The van der Waals surface area contributed by atoms with Crippen molar-refractivity contribution in [1.29, 1.82) is 0 Å². The minimum atomic E-state index is 0.248. The van der Waals surface area contributed by atoms with Crippen molar-refractivity contribution in [3.05, 3.63) is 16.5 Å². The van der Waals surface area contributed by atoms with Gasteiger partial charge in [-0.15, -0.1) is 0 Å². The van der Waals surface area contributed by atoms with Crippen LogP contribution >= 0.6 is 11.6 Å². The molecule has 1 aromatic rings. The SMILES string of the molecule is CCc1nc(Cl)c(C)c(NCCCC(C)CO)n1. The predicted molar refractivity (Wildman–Crippen MR) is 75.1 cm³/mol. The normalized spacial score (nSPS) is 12.5. The molecule has 102 valence electrons. The van der Waals surface area contributed by atoms with Gasteiger partial charge >= 0.3 is 0 Å². The van der Waals surface area contributed by atoms with Crippen molar-refractivity contribution in [2.45, 2.75) is 40.0 Å². The lowest BCUT2D eigenvalue weighted by molar-refractivity contribution is 0.229. The molecule has 0 aliphatic rings. The predicted octanol–water partition coefficient (Wildman–Crippen LogP) is 2.82. The number of aliphatic hydroxyl groups excluding tert-OH is 1. The molecule has 1 heterocycles. The van der Waals surface area contributed by atoms with E-state index in [0.29, 0.717) is 11.1 Å². The third-order valence-electron chi connectivity index (χ3n) is 2.93. The fourth-order valence-electron chi connectivity index (χ4n) is 1.61. The summed E-state index contributed by atoms with van der Waals surface area (Å²) in [5.41, 5.74) is 0.893. The zero-order valence-corrected chi connectivity index (χ0v) is 12.1. The van der Waals surface area contributed by atoms with Gasteiger partial charge in [-0.05, 0) is 25.7 Å². The van der Waals surface area contributed by atoms with Crippen LogP contribution in [-0.2, 0) is 6.42 Å². The first-order chi connectivity index (χ1) is 8.58. The van der Waals surface area contributed by atoms with Gasteiger partial charge in [0.1, 0.15) is 16.8 Å². The number of halogens is 1. The molecule has 0 bridgehead atoms. The van der Waals surface area contributed by atoms with Crippen LogP contribution in [0.4, 0.5) is 5.82 Å². The minimum Gasteiger partial charge on any atom is -0.396 e. The number of rotatable bonds is 7. The molecule has 5 heteroatoms. The van der Waals surface area contributed by atoms with E-state index in [0.717, 1.165) is 43.0 Å². The highest BCUT2D eigenvalue weighted by Crippen LogP contribution is 2.20. The van der Waals surface area contributed by atoms with Gasteiger partial charge in [0.05, 0.1) is 0 Å². The number of hydrogen-bond donors (Lipinski definition) is 2. The minimum absolute atomic E-state index is 0.248. The average molecular weight is 272 g/mol. The topological polar surface area (TPSA) is 58.0 Å². The van der Waals surface area contributed by atoms with Gasteiger partial charge in [0.25, 0.3) is 0 Å². The van der Waals surface area contributed by atoms with Gasteiger partial charge in [-0.1, -0.05) is 25.4 Å². The molecule has 0 saturated carbocycles. The molecule has 4 nitrogen and oxygen atoms in total. The highest BCUT2D eigenvalue weighted by Gasteiger charge is 2.08. The van der Waals surface area contributed by atoms with Crippen LogP contribution in [0.25, 0.3) is 0 Å². The lowest BCUT2D eigenvalue weighted by Crippen LogP contribution is -2.10. The van der Waals surface area contributed by atoms with E-state index >= 15 is 0 Å². The Morgan fingerprint density at radius 2 is 2.11 bits per heavy atom. The first-order valence-corrected chi connectivity index (χ1v) is 6.84. The second-order valence-electron chi connectivity index (χ2n) is 4.61. The van der Waals surface area contributed by atoms with E-state index < -0.39 is 0 Å². The van der Waals surface area contributed by atoms with E-state index in [1.807, 2.05) is 20.8 Å². The lowest BCUT2D eigenvalue weighted by atomic mass is 10.1. The highest BCUT2D eigenvalue weighted by molar-refractivity contribution is 6.30. The molecule has 1 atom stereocenters. The van der Waals surface area contributed by atoms with Gasteiger partial charge in [-0.2, -0.15) is 0 Å². The molecule has 0 aliphatic heterocycles. The summed E-state index contributed by atoms with van der Waals surface area (Å²) in [5, 5.41) is 12.8. The second kappa shape index (κ2) is 7.54. The Balaban J connectivity index is 2.53. The molecule has 1 unspecified atom stereocenters. The van der Waals surface area contributed by atoms with E-state index in [9.17, 15) is 0 Å². The summed E-state index contributed by atoms with van der Waals surface area (Å²) in [7, 11) is 0. The second-order valence-corrected chi connectivity index (χ2v) is 4.97. The standard InChI is InChI=1S/C13H22ClN3O/c1-4-11-16-12(14)10(3)13(17-11)15-7-5-6-9(2)8-18/h9,18H,4-8H2,1-3H3,(H,15,16,17). The number of anilines is 1. The number of hydrogen-bond acceptors (Lipinski definition) is 4. The summed E-state index contributed by atoms with van der Waals surface area (Å²) >= 11 is 6.06. The molecule has 0 aliphatic carbocycles. The smallest absolute Gasteiger partial charge is 0.137 e. The Kier molecular flexibility index (Phi) is 6.36. The monoisotopic (exact) mass is 271 g/mol. The first-order valence-electron chi connectivity index (χ1n) is 6.46. The summed E-state index contributed by atoms with van der Waals surface area (Å²) in [6.07, 6.45) is 2.78. The third kappa shape index (κ3) is 4.42. The van der Waals surface area contributed by atoms with E-state index in [-0.39, 0.29) is 6.61 Å². The van der Waals surface area contributed by atoms with E-state index in [2.05, 4.69) is 15.3 Å². The van der Waals surface area contributed by atoms with Crippen molar-refractivity contribution < 1.29 is 5.11 Å². The highest BCUT2D eigenvalue weighted by atomic mass is 35.5. The zero-order valence-electron chi connectivity index (χ0n) is 11.3. The maximum atomic E-state index is 8.94. The number of aliphatic hydroxyl groups is 1. The van der Waals surface area contributed by atoms with E-state index in [1.165, 1.54) is 0 Å². The maximum Gasteiger partial charge on any atom is 0.137 e. The number of aryl methyl sites for hydroxylation is 1. The van der Waals surface area contributed by atoms with Gasteiger partial charge in [0.15, 0.2) is 0 Å². The molecule has 1 rings (SSSR count). The van der Waals surface area contributed by atoms with Crippen LogP contribution in [0, 0.1) is 12.8 Å². The molecule has 0 fully saturated rings. The molecule has 1 aromatic heterocycles. The van der Waals surface area contributed by atoms with Crippen molar-refractivity contribution in [3.8, 4) is 0 Å². The molecule has 0 saturated heterocycles. The maximum absolute atomic E-state index is 8.94. The summed E-state index contributed by atoms with van der Waals surface area (Å²) < 4.78 is 0. The number of nitrogens with zero attached hydrogens (tertiary/aromatic N) is 2. The van der Waals surface area contributed by atoms with Crippen molar-refractivity contribution in [3.63, 3.8) is 0 Å². The number of nitrogens with one attached hydrogen (secondary N) is 1. The molecule has 0 spiro atoms. The molecule has 2 N–H and O–H groups in total. The molecule has 18 heavy (non-hydrogen) atoms. The van der Waals surface area contributed by atoms with Gasteiger partial charge in [-0.3, -0.25) is 0 Å². The molecular formula is C13H22ClN3O. The summed E-state index contributed by atoms with van der Waals surface area (Å²) in [6, 6.07) is 0. The van der Waals surface area contributed by atoms with Crippen molar-refractivity contribution in [2.75, 3.05) is 18.5 Å². The first kappa shape index (κ1) is 15.2. The van der Waals surface area contributed by atoms with Crippen LogP contribution in [0.3, 0.4) is 0 Å². The van der Waals surface area contributed by atoms with Crippen LogP contribution in [-0.4, -0.2) is 28.2 Å². The molecular weight excluding hydrogens is 250 g/mol. The van der Waals surface area contributed by atoms with Gasteiger partial charge < -0.3 is 10.4 Å². The third-order valence-corrected chi connectivity index (χ3v) is 3.29. The molecule has 0 radical (unpaired) electrons. The summed E-state index contributed by atoms with van der Waals surface area (Å²) in [5.74, 6) is 1.94. The fraction of sp³-hybridized carbons (Fsp3) is 0.692.